The van der Waals surface area contributed by atoms with Crippen molar-refractivity contribution in [2.45, 2.75) is 64.1 Å². The Bertz CT molecular complexity index is 1000. The molecule has 1 aromatic heterocycles. The zero-order valence-electron chi connectivity index (χ0n) is 17.4. The maximum Gasteiger partial charge on any atom is 0.330 e. The van der Waals surface area contributed by atoms with Crippen molar-refractivity contribution in [2.75, 3.05) is 0 Å². The zero-order chi connectivity index (χ0) is 22.9. The van der Waals surface area contributed by atoms with E-state index in [1.165, 1.54) is 0 Å². The van der Waals surface area contributed by atoms with Crippen molar-refractivity contribution >= 4 is 0 Å². The average molecular weight is 438 g/mol. The Balaban J connectivity index is 1.83. The van der Waals surface area contributed by atoms with E-state index in [9.17, 15) is 29.3 Å². The van der Waals surface area contributed by atoms with Crippen molar-refractivity contribution in [3.8, 4) is 0 Å². The average Bonchev–Trinajstić information content (AvgIpc) is 2.99. The number of aromatic nitrogens is 2. The van der Waals surface area contributed by atoms with Crippen LogP contribution in [0.1, 0.15) is 32.6 Å². The molecule has 2 unspecified atom stereocenters. The number of nitrogens with one attached hydrogen (secondary N) is 1. The molecule has 0 radical (unpaired) electrons. The number of aliphatic hydroxyl groups is 3. The first-order valence-electron chi connectivity index (χ1n) is 9.87. The first-order chi connectivity index (χ1) is 14.5. The maximum absolute atomic E-state index is 13.7. The SMILES string of the molecule is CC(C)(C)C(OCc1ccccc1)C(O)[C@H]1O[C@@H](n2cc(F)c(=O)[nH]c2=O)[C@H](O)[C@@H]1O. The highest BCUT2D eigenvalue weighted by molar-refractivity contribution is 5.13. The molecule has 2 heterocycles. The lowest BCUT2D eigenvalue weighted by Gasteiger charge is -2.37. The summed E-state index contributed by atoms with van der Waals surface area (Å²) >= 11 is 0. The van der Waals surface area contributed by atoms with Gasteiger partial charge in [-0.3, -0.25) is 14.3 Å². The van der Waals surface area contributed by atoms with Gasteiger partial charge >= 0.3 is 5.69 Å². The molecule has 9 nitrogen and oxygen atoms in total. The summed E-state index contributed by atoms with van der Waals surface area (Å²) in [6.07, 6.45) is -7.71. The van der Waals surface area contributed by atoms with Crippen LogP contribution in [0.5, 0.6) is 0 Å². The number of nitrogens with zero attached hydrogens (tertiary/aromatic N) is 1. The van der Waals surface area contributed by atoms with E-state index < -0.39 is 59.2 Å². The Labute approximate surface area is 177 Å². The third kappa shape index (κ3) is 4.94. The fourth-order valence-corrected chi connectivity index (χ4v) is 3.64. The molecule has 1 aliphatic heterocycles. The minimum absolute atomic E-state index is 0.194. The van der Waals surface area contributed by atoms with Crippen LogP contribution in [0.15, 0.2) is 46.1 Å². The number of aliphatic hydroxyl groups excluding tert-OH is 3. The van der Waals surface area contributed by atoms with Crippen molar-refractivity contribution in [3.05, 3.63) is 68.7 Å². The molecule has 2 aromatic rings. The fraction of sp³-hybridized carbons (Fsp3) is 0.524. The number of rotatable bonds is 6. The molecule has 1 fully saturated rings. The lowest BCUT2D eigenvalue weighted by molar-refractivity contribution is -0.165. The minimum Gasteiger partial charge on any atom is -0.388 e. The van der Waals surface area contributed by atoms with Gasteiger partial charge in [-0.15, -0.1) is 0 Å². The number of hydrogen-bond donors (Lipinski definition) is 4. The van der Waals surface area contributed by atoms with Gasteiger partial charge in [0.05, 0.1) is 18.9 Å². The molecule has 3 rings (SSSR count). The summed E-state index contributed by atoms with van der Waals surface area (Å²) in [6, 6.07) is 9.31. The number of benzene rings is 1. The monoisotopic (exact) mass is 438 g/mol. The van der Waals surface area contributed by atoms with Gasteiger partial charge in [0.25, 0.3) is 5.56 Å². The third-order valence-corrected chi connectivity index (χ3v) is 5.25. The highest BCUT2D eigenvalue weighted by Gasteiger charge is 2.51. The van der Waals surface area contributed by atoms with Crippen LogP contribution in [0.4, 0.5) is 4.39 Å². The van der Waals surface area contributed by atoms with E-state index in [0.29, 0.717) is 10.8 Å². The first-order valence-corrected chi connectivity index (χ1v) is 9.87. The number of aromatic amines is 1. The molecule has 4 N–H and O–H groups in total. The van der Waals surface area contributed by atoms with E-state index in [-0.39, 0.29) is 6.61 Å². The van der Waals surface area contributed by atoms with Gasteiger partial charge in [0.1, 0.15) is 24.4 Å². The summed E-state index contributed by atoms with van der Waals surface area (Å²) in [4.78, 5) is 25.1. The molecule has 0 saturated carbocycles. The largest absolute Gasteiger partial charge is 0.388 e. The molecule has 1 saturated heterocycles. The summed E-state index contributed by atoms with van der Waals surface area (Å²) in [5, 5.41) is 31.9. The van der Waals surface area contributed by atoms with E-state index in [0.717, 1.165) is 5.56 Å². The number of halogens is 1. The summed E-state index contributed by atoms with van der Waals surface area (Å²) < 4.78 is 25.8. The highest BCUT2D eigenvalue weighted by atomic mass is 19.1. The lowest BCUT2D eigenvalue weighted by Crippen LogP contribution is -2.50. The predicted molar refractivity (Wildman–Crippen MR) is 108 cm³/mol. The lowest BCUT2D eigenvalue weighted by atomic mass is 9.83. The molecule has 1 aliphatic rings. The standard InChI is InChI=1S/C21H27FN2O7/c1-21(2,3)17(30-10-11-7-5-4-6-8-11)15(27)16-13(25)14(26)19(31-16)24-9-12(22)18(28)23-20(24)29/h4-9,13-17,19,25-27H,10H2,1-3H3,(H,23,28,29)/t13-,14+,15?,16-,17?,19+/m0/s1. The van der Waals surface area contributed by atoms with Gasteiger partial charge in [-0.05, 0) is 11.0 Å². The van der Waals surface area contributed by atoms with Crippen LogP contribution in [-0.4, -0.2) is 55.4 Å². The van der Waals surface area contributed by atoms with Crippen molar-refractivity contribution in [2.24, 2.45) is 5.41 Å². The first kappa shape index (κ1) is 23.3. The van der Waals surface area contributed by atoms with Crippen LogP contribution in [-0.2, 0) is 16.1 Å². The Morgan fingerprint density at radius 3 is 2.45 bits per heavy atom. The second-order valence-corrected chi connectivity index (χ2v) is 8.69. The summed E-state index contributed by atoms with van der Waals surface area (Å²) in [6.45, 7) is 5.70. The van der Waals surface area contributed by atoms with Crippen molar-refractivity contribution < 1.29 is 29.2 Å². The van der Waals surface area contributed by atoms with Crippen molar-refractivity contribution in [1.82, 2.24) is 9.55 Å². The van der Waals surface area contributed by atoms with Gasteiger partial charge in [0, 0.05) is 0 Å². The molecule has 0 spiro atoms. The van der Waals surface area contributed by atoms with E-state index >= 15 is 0 Å². The van der Waals surface area contributed by atoms with Crippen molar-refractivity contribution in [3.63, 3.8) is 0 Å². The molecular weight excluding hydrogens is 411 g/mol. The van der Waals surface area contributed by atoms with Gasteiger partial charge in [-0.2, -0.15) is 4.39 Å². The Morgan fingerprint density at radius 1 is 1.19 bits per heavy atom. The van der Waals surface area contributed by atoms with Crippen LogP contribution >= 0.6 is 0 Å². The topological polar surface area (TPSA) is 134 Å². The van der Waals surface area contributed by atoms with E-state index in [1.807, 2.05) is 51.1 Å². The van der Waals surface area contributed by atoms with E-state index in [1.54, 1.807) is 4.98 Å². The van der Waals surface area contributed by atoms with Gasteiger partial charge in [0.15, 0.2) is 6.23 Å². The van der Waals surface area contributed by atoms with Gasteiger partial charge in [-0.1, -0.05) is 51.1 Å². The van der Waals surface area contributed by atoms with Crippen LogP contribution in [0, 0.1) is 11.2 Å². The molecule has 6 atom stereocenters. The van der Waals surface area contributed by atoms with Crippen LogP contribution in [0.2, 0.25) is 0 Å². The third-order valence-electron chi connectivity index (χ3n) is 5.25. The second-order valence-electron chi connectivity index (χ2n) is 8.69. The van der Waals surface area contributed by atoms with Gasteiger partial charge in [-0.25, -0.2) is 4.79 Å². The number of H-pyrrole nitrogens is 1. The molecule has 0 amide bonds. The molecule has 0 bridgehead atoms. The molecule has 170 valence electrons. The fourth-order valence-electron chi connectivity index (χ4n) is 3.64. The second kappa shape index (κ2) is 9.01. The minimum atomic E-state index is -1.66. The number of ether oxygens (including phenoxy) is 2. The van der Waals surface area contributed by atoms with Crippen LogP contribution in [0.25, 0.3) is 0 Å². The maximum atomic E-state index is 13.7. The summed E-state index contributed by atoms with van der Waals surface area (Å²) in [7, 11) is 0. The van der Waals surface area contributed by atoms with Gasteiger partial charge in [0.2, 0.25) is 5.82 Å². The molecule has 31 heavy (non-hydrogen) atoms. The smallest absolute Gasteiger partial charge is 0.330 e. The zero-order valence-corrected chi connectivity index (χ0v) is 17.4. The number of hydrogen-bond acceptors (Lipinski definition) is 7. The summed E-state index contributed by atoms with van der Waals surface area (Å²) in [5.41, 5.74) is -1.94. The normalized spacial score (nSPS) is 26.0. The van der Waals surface area contributed by atoms with E-state index in [4.69, 9.17) is 9.47 Å². The Kier molecular flexibility index (Phi) is 6.77. The highest BCUT2D eigenvalue weighted by Crippen LogP contribution is 2.35. The Morgan fingerprint density at radius 2 is 1.84 bits per heavy atom. The molecule has 10 heteroatoms. The predicted octanol–water partition coefficient (Wildman–Crippen LogP) is 0.287. The summed E-state index contributed by atoms with van der Waals surface area (Å²) in [5.74, 6) is -1.26. The van der Waals surface area contributed by atoms with E-state index in [2.05, 4.69) is 0 Å². The van der Waals surface area contributed by atoms with Crippen molar-refractivity contribution in [1.29, 1.82) is 0 Å². The molecule has 0 aliphatic carbocycles. The quantitative estimate of drug-likeness (QED) is 0.509. The van der Waals surface area contributed by atoms with Gasteiger partial charge < -0.3 is 24.8 Å². The van der Waals surface area contributed by atoms with Crippen LogP contribution in [0.3, 0.4) is 0 Å². The molecule has 1 aromatic carbocycles. The molecular formula is C21H27FN2O7. The van der Waals surface area contributed by atoms with Crippen LogP contribution < -0.4 is 11.2 Å². The Hall–Kier alpha value is -2.37.